The number of carbonyl (C=O) groups is 1. The van der Waals surface area contributed by atoms with Gasteiger partial charge < -0.3 is 0 Å². The normalized spacial score (nSPS) is 10.5. The van der Waals surface area contributed by atoms with Gasteiger partial charge in [0.25, 0.3) is 0 Å². The predicted molar refractivity (Wildman–Crippen MR) is 66.9 cm³/mol. The van der Waals surface area contributed by atoms with Crippen molar-refractivity contribution in [1.29, 1.82) is 0 Å². The number of aromatic nitrogens is 1. The van der Waals surface area contributed by atoms with E-state index in [4.69, 9.17) is 0 Å². The van der Waals surface area contributed by atoms with Gasteiger partial charge in [-0.25, -0.2) is 9.37 Å². The second-order valence-corrected chi connectivity index (χ2v) is 4.82. The lowest BCUT2D eigenvalue weighted by Crippen LogP contribution is -1.86. The molecule has 17 heavy (non-hydrogen) atoms. The number of carbonyl (C=O) groups excluding carboxylic acids is 1. The number of Topliss-reactive ketones (excluding diaryl/α,β-unsaturated/α-hetero) is 1. The van der Waals surface area contributed by atoms with Crippen molar-refractivity contribution in [2.45, 2.75) is 20.3 Å². The third-order valence-electron chi connectivity index (χ3n) is 2.47. The van der Waals surface area contributed by atoms with E-state index in [-0.39, 0.29) is 11.6 Å². The number of benzene rings is 1. The van der Waals surface area contributed by atoms with Gasteiger partial charge in [-0.3, -0.25) is 4.79 Å². The number of rotatable bonds is 3. The number of aryl methyl sites for hydroxylation is 1. The SMILES string of the molecule is CCc1cc(F)cc(-c2ncc(C(C)=O)s2)c1. The highest BCUT2D eigenvalue weighted by Crippen LogP contribution is 2.27. The maximum Gasteiger partial charge on any atom is 0.171 e. The molecule has 0 atom stereocenters. The van der Waals surface area contributed by atoms with Crippen molar-refractivity contribution in [3.63, 3.8) is 0 Å². The van der Waals surface area contributed by atoms with Crippen LogP contribution in [0.5, 0.6) is 0 Å². The summed E-state index contributed by atoms with van der Waals surface area (Å²) in [4.78, 5) is 15.9. The van der Waals surface area contributed by atoms with E-state index in [0.29, 0.717) is 9.88 Å². The Bertz CT molecular complexity index is 562. The Balaban J connectivity index is 2.44. The van der Waals surface area contributed by atoms with E-state index in [1.807, 2.05) is 13.0 Å². The van der Waals surface area contributed by atoms with Crippen LogP contribution in [-0.4, -0.2) is 10.8 Å². The standard InChI is InChI=1S/C13H12FNOS/c1-3-9-4-10(6-11(14)5-9)13-15-7-12(17-13)8(2)16/h4-7H,3H2,1-2H3. The van der Waals surface area contributed by atoms with Crippen molar-refractivity contribution in [3.8, 4) is 10.6 Å². The first-order valence-electron chi connectivity index (χ1n) is 5.36. The van der Waals surface area contributed by atoms with Crippen molar-refractivity contribution in [2.24, 2.45) is 0 Å². The summed E-state index contributed by atoms with van der Waals surface area (Å²) >= 11 is 1.29. The lowest BCUT2D eigenvalue weighted by Gasteiger charge is -2.01. The Kier molecular flexibility index (Phi) is 3.33. The van der Waals surface area contributed by atoms with Gasteiger partial charge in [0, 0.05) is 18.7 Å². The number of ketones is 1. The summed E-state index contributed by atoms with van der Waals surface area (Å²) in [5.74, 6) is -0.278. The molecule has 0 aliphatic rings. The Hall–Kier alpha value is -1.55. The van der Waals surface area contributed by atoms with Gasteiger partial charge in [0.05, 0.1) is 4.88 Å². The molecule has 1 aromatic carbocycles. The molecule has 2 aromatic rings. The molecule has 0 fully saturated rings. The zero-order chi connectivity index (χ0) is 12.4. The van der Waals surface area contributed by atoms with E-state index >= 15 is 0 Å². The van der Waals surface area contributed by atoms with Crippen LogP contribution in [0.15, 0.2) is 24.4 Å². The summed E-state index contributed by atoms with van der Waals surface area (Å²) in [6.07, 6.45) is 2.31. The minimum atomic E-state index is -0.265. The van der Waals surface area contributed by atoms with Gasteiger partial charge in [0.2, 0.25) is 0 Å². The van der Waals surface area contributed by atoms with Crippen molar-refractivity contribution in [3.05, 3.63) is 40.7 Å². The van der Waals surface area contributed by atoms with Gasteiger partial charge in [-0.1, -0.05) is 6.92 Å². The molecule has 2 nitrogen and oxygen atoms in total. The fourth-order valence-electron chi connectivity index (χ4n) is 1.55. The highest BCUT2D eigenvalue weighted by atomic mass is 32.1. The fourth-order valence-corrected chi connectivity index (χ4v) is 2.35. The van der Waals surface area contributed by atoms with Crippen molar-refractivity contribution in [1.82, 2.24) is 4.98 Å². The van der Waals surface area contributed by atoms with Crippen molar-refractivity contribution in [2.75, 3.05) is 0 Å². The molecular weight excluding hydrogens is 237 g/mol. The molecule has 0 saturated carbocycles. The van der Waals surface area contributed by atoms with Crippen LogP contribution in [0.25, 0.3) is 10.6 Å². The van der Waals surface area contributed by atoms with Gasteiger partial charge >= 0.3 is 0 Å². The van der Waals surface area contributed by atoms with E-state index in [9.17, 15) is 9.18 Å². The van der Waals surface area contributed by atoms with E-state index < -0.39 is 0 Å². The molecule has 0 spiro atoms. The summed E-state index contributed by atoms with van der Waals surface area (Å²) < 4.78 is 13.4. The Morgan fingerprint density at radius 1 is 1.41 bits per heavy atom. The number of nitrogens with zero attached hydrogens (tertiary/aromatic N) is 1. The molecule has 0 N–H and O–H groups in total. The molecule has 2 rings (SSSR count). The minimum Gasteiger partial charge on any atom is -0.294 e. The van der Waals surface area contributed by atoms with Crippen LogP contribution < -0.4 is 0 Å². The molecule has 4 heteroatoms. The zero-order valence-corrected chi connectivity index (χ0v) is 10.5. The maximum absolute atomic E-state index is 13.4. The van der Waals surface area contributed by atoms with Crippen molar-refractivity contribution < 1.29 is 9.18 Å². The average Bonchev–Trinajstić information content (AvgIpc) is 2.77. The maximum atomic E-state index is 13.4. The second-order valence-electron chi connectivity index (χ2n) is 3.79. The highest BCUT2D eigenvalue weighted by Gasteiger charge is 2.09. The smallest absolute Gasteiger partial charge is 0.171 e. The number of hydrogen-bond acceptors (Lipinski definition) is 3. The average molecular weight is 249 g/mol. The quantitative estimate of drug-likeness (QED) is 0.776. The van der Waals surface area contributed by atoms with E-state index in [1.54, 1.807) is 6.20 Å². The van der Waals surface area contributed by atoms with Gasteiger partial charge in [0.15, 0.2) is 5.78 Å². The molecule has 0 radical (unpaired) electrons. The second kappa shape index (κ2) is 4.75. The third kappa shape index (κ3) is 2.58. The van der Waals surface area contributed by atoms with Crippen molar-refractivity contribution >= 4 is 17.1 Å². The van der Waals surface area contributed by atoms with Crippen LogP contribution in [0.2, 0.25) is 0 Å². The first kappa shape index (κ1) is 11.9. The topological polar surface area (TPSA) is 30.0 Å². The van der Waals surface area contributed by atoms with Crippen LogP contribution in [0.3, 0.4) is 0 Å². The van der Waals surface area contributed by atoms with E-state index in [2.05, 4.69) is 4.98 Å². The van der Waals surface area contributed by atoms with E-state index in [1.165, 1.54) is 30.4 Å². The Morgan fingerprint density at radius 3 is 2.76 bits per heavy atom. The van der Waals surface area contributed by atoms with Gasteiger partial charge in [-0.2, -0.15) is 0 Å². The first-order chi connectivity index (χ1) is 8.10. The highest BCUT2D eigenvalue weighted by molar-refractivity contribution is 7.16. The molecule has 0 unspecified atom stereocenters. The van der Waals surface area contributed by atoms with Crippen LogP contribution in [0.1, 0.15) is 29.1 Å². The predicted octanol–water partition coefficient (Wildman–Crippen LogP) is 3.71. The molecule has 0 saturated heterocycles. The molecule has 88 valence electrons. The van der Waals surface area contributed by atoms with Gasteiger partial charge in [-0.05, 0) is 30.2 Å². The number of thiazole rings is 1. The minimum absolute atomic E-state index is 0.0131. The fraction of sp³-hybridized carbons (Fsp3) is 0.231. The summed E-state index contributed by atoms with van der Waals surface area (Å²) in [7, 11) is 0. The number of halogens is 1. The van der Waals surface area contributed by atoms with E-state index in [0.717, 1.165) is 17.5 Å². The lowest BCUT2D eigenvalue weighted by atomic mass is 10.1. The third-order valence-corrected chi connectivity index (χ3v) is 3.61. The van der Waals surface area contributed by atoms with Gasteiger partial charge in [0.1, 0.15) is 10.8 Å². The zero-order valence-electron chi connectivity index (χ0n) is 9.66. The molecule has 0 aliphatic carbocycles. The van der Waals surface area contributed by atoms with Crippen LogP contribution in [-0.2, 0) is 6.42 Å². The summed E-state index contributed by atoms with van der Waals surface area (Å²) in [6, 6.07) is 4.87. The largest absolute Gasteiger partial charge is 0.294 e. The lowest BCUT2D eigenvalue weighted by molar-refractivity contribution is 0.102. The first-order valence-corrected chi connectivity index (χ1v) is 6.18. The van der Waals surface area contributed by atoms with Crippen LogP contribution in [0.4, 0.5) is 4.39 Å². The number of hydrogen-bond donors (Lipinski definition) is 0. The summed E-state index contributed by atoms with van der Waals surface area (Å²) in [5, 5.41) is 0.685. The molecule has 0 aliphatic heterocycles. The van der Waals surface area contributed by atoms with Gasteiger partial charge in [-0.15, -0.1) is 11.3 Å². The summed E-state index contributed by atoms with van der Waals surface area (Å²) in [5.41, 5.74) is 1.67. The van der Waals surface area contributed by atoms with Crippen LogP contribution >= 0.6 is 11.3 Å². The summed E-state index contributed by atoms with van der Waals surface area (Å²) in [6.45, 7) is 3.47. The molecular formula is C13H12FNOS. The van der Waals surface area contributed by atoms with Crippen LogP contribution in [0, 0.1) is 5.82 Å². The Morgan fingerprint density at radius 2 is 2.18 bits per heavy atom. The molecule has 1 heterocycles. The Labute approximate surface area is 103 Å². The molecule has 0 amide bonds. The monoisotopic (exact) mass is 249 g/mol. The molecule has 1 aromatic heterocycles. The molecule has 0 bridgehead atoms.